The zero-order chi connectivity index (χ0) is 18.8. The highest BCUT2D eigenvalue weighted by Crippen LogP contribution is 2.42. The van der Waals surface area contributed by atoms with Gasteiger partial charge >= 0.3 is 0 Å². The number of imidazole rings is 1. The average molecular weight is 362 g/mol. The number of hydrogen-bond donors (Lipinski definition) is 2. The van der Waals surface area contributed by atoms with Crippen LogP contribution < -0.4 is 14.8 Å². The fourth-order valence-electron chi connectivity index (χ4n) is 3.02. The SMILES string of the molecule is COc1cccc(Nc2c(O)cccc2-c2cnc3cccnn23)c1OC. The molecule has 0 saturated heterocycles. The molecule has 0 unspecified atom stereocenters. The Balaban J connectivity index is 1.86. The van der Waals surface area contributed by atoms with Gasteiger partial charge in [-0.2, -0.15) is 5.10 Å². The topological polar surface area (TPSA) is 80.9 Å². The predicted molar refractivity (Wildman–Crippen MR) is 103 cm³/mol. The van der Waals surface area contributed by atoms with Crippen LogP contribution in [-0.4, -0.2) is 33.9 Å². The van der Waals surface area contributed by atoms with Gasteiger partial charge in [0.15, 0.2) is 17.1 Å². The number of benzene rings is 2. The molecule has 4 aromatic rings. The lowest BCUT2D eigenvalue weighted by molar-refractivity contribution is 0.356. The summed E-state index contributed by atoms with van der Waals surface area (Å²) in [7, 11) is 3.15. The number of aromatic nitrogens is 3. The van der Waals surface area contributed by atoms with Crippen LogP contribution in [0, 0.1) is 0 Å². The van der Waals surface area contributed by atoms with E-state index in [-0.39, 0.29) is 5.75 Å². The molecule has 2 heterocycles. The molecule has 0 amide bonds. The fourth-order valence-corrected chi connectivity index (χ4v) is 3.02. The second-order valence-corrected chi connectivity index (χ2v) is 5.80. The number of fused-ring (bicyclic) bond motifs is 1. The molecule has 0 spiro atoms. The Morgan fingerprint density at radius 2 is 1.85 bits per heavy atom. The van der Waals surface area contributed by atoms with Gasteiger partial charge in [0.2, 0.25) is 0 Å². The van der Waals surface area contributed by atoms with E-state index in [4.69, 9.17) is 9.47 Å². The van der Waals surface area contributed by atoms with Crippen LogP contribution in [0.2, 0.25) is 0 Å². The third-order valence-electron chi connectivity index (χ3n) is 4.26. The van der Waals surface area contributed by atoms with Gasteiger partial charge < -0.3 is 19.9 Å². The molecule has 27 heavy (non-hydrogen) atoms. The third-order valence-corrected chi connectivity index (χ3v) is 4.26. The van der Waals surface area contributed by atoms with Crippen LogP contribution in [-0.2, 0) is 0 Å². The second-order valence-electron chi connectivity index (χ2n) is 5.80. The van der Waals surface area contributed by atoms with Crippen molar-refractivity contribution >= 4 is 17.0 Å². The van der Waals surface area contributed by atoms with Crippen LogP contribution in [0.5, 0.6) is 17.2 Å². The van der Waals surface area contributed by atoms with E-state index in [1.165, 1.54) is 0 Å². The van der Waals surface area contributed by atoms with Crippen LogP contribution in [0.3, 0.4) is 0 Å². The quantitative estimate of drug-likeness (QED) is 0.525. The number of anilines is 2. The minimum absolute atomic E-state index is 0.100. The highest BCUT2D eigenvalue weighted by Gasteiger charge is 2.17. The lowest BCUT2D eigenvalue weighted by Crippen LogP contribution is -2.00. The van der Waals surface area contributed by atoms with Crippen LogP contribution in [0.25, 0.3) is 16.9 Å². The lowest BCUT2D eigenvalue weighted by Gasteiger charge is -2.17. The van der Waals surface area contributed by atoms with E-state index in [1.807, 2.05) is 36.4 Å². The minimum atomic E-state index is 0.100. The van der Waals surface area contributed by atoms with Crippen molar-refractivity contribution in [2.45, 2.75) is 0 Å². The maximum atomic E-state index is 10.5. The van der Waals surface area contributed by atoms with Gasteiger partial charge in [0.1, 0.15) is 5.75 Å². The number of rotatable bonds is 5. The summed E-state index contributed by atoms with van der Waals surface area (Å²) in [5, 5.41) is 18.1. The summed E-state index contributed by atoms with van der Waals surface area (Å²) in [6.45, 7) is 0. The number of nitrogens with zero attached hydrogens (tertiary/aromatic N) is 3. The molecule has 7 nitrogen and oxygen atoms in total. The van der Waals surface area contributed by atoms with E-state index in [2.05, 4.69) is 15.4 Å². The molecule has 2 N–H and O–H groups in total. The summed E-state index contributed by atoms with van der Waals surface area (Å²) in [6.07, 6.45) is 3.42. The van der Waals surface area contributed by atoms with E-state index >= 15 is 0 Å². The van der Waals surface area contributed by atoms with Crippen LogP contribution >= 0.6 is 0 Å². The van der Waals surface area contributed by atoms with Crippen molar-refractivity contribution in [1.29, 1.82) is 0 Å². The number of phenolic OH excluding ortho intramolecular Hbond substituents is 1. The smallest absolute Gasteiger partial charge is 0.184 e. The summed E-state index contributed by atoms with van der Waals surface area (Å²) in [5.41, 5.74) is 3.43. The number of methoxy groups -OCH3 is 2. The fraction of sp³-hybridized carbons (Fsp3) is 0.100. The van der Waals surface area contributed by atoms with Crippen molar-refractivity contribution in [1.82, 2.24) is 14.6 Å². The molecule has 0 aliphatic carbocycles. The summed E-state index contributed by atoms with van der Waals surface area (Å²) in [6, 6.07) is 14.5. The Hall–Kier alpha value is -3.74. The minimum Gasteiger partial charge on any atom is -0.506 e. The van der Waals surface area contributed by atoms with E-state index in [0.717, 1.165) is 16.9 Å². The van der Waals surface area contributed by atoms with Crippen molar-refractivity contribution < 1.29 is 14.6 Å². The van der Waals surface area contributed by atoms with Crippen LogP contribution in [0.15, 0.2) is 60.9 Å². The van der Waals surface area contributed by atoms with Crippen molar-refractivity contribution in [3.63, 3.8) is 0 Å². The average Bonchev–Trinajstić information content (AvgIpc) is 3.13. The Labute approximate surface area is 155 Å². The predicted octanol–water partition coefficient (Wildman–Crippen LogP) is 3.86. The van der Waals surface area contributed by atoms with Crippen molar-refractivity contribution in [2.75, 3.05) is 19.5 Å². The zero-order valence-corrected chi connectivity index (χ0v) is 14.9. The Morgan fingerprint density at radius 3 is 2.67 bits per heavy atom. The van der Waals surface area contributed by atoms with Gasteiger partial charge in [-0.25, -0.2) is 9.50 Å². The first-order valence-corrected chi connectivity index (χ1v) is 8.32. The van der Waals surface area contributed by atoms with E-state index < -0.39 is 0 Å². The number of nitrogens with one attached hydrogen (secondary N) is 1. The molecule has 0 fully saturated rings. The van der Waals surface area contributed by atoms with Gasteiger partial charge in [-0.1, -0.05) is 18.2 Å². The molecular formula is C20H18N4O3. The molecule has 0 bridgehead atoms. The summed E-state index contributed by atoms with van der Waals surface area (Å²) in [5.74, 6) is 1.24. The molecule has 136 valence electrons. The van der Waals surface area contributed by atoms with Gasteiger partial charge in [-0.15, -0.1) is 0 Å². The first-order valence-electron chi connectivity index (χ1n) is 8.32. The number of ether oxygens (including phenoxy) is 2. The van der Waals surface area contributed by atoms with Crippen LogP contribution in [0.4, 0.5) is 11.4 Å². The van der Waals surface area contributed by atoms with Gasteiger partial charge in [0, 0.05) is 11.8 Å². The Morgan fingerprint density at radius 1 is 1.00 bits per heavy atom. The highest BCUT2D eigenvalue weighted by atomic mass is 16.5. The maximum absolute atomic E-state index is 10.5. The largest absolute Gasteiger partial charge is 0.506 e. The van der Waals surface area contributed by atoms with Crippen molar-refractivity contribution in [3.05, 3.63) is 60.9 Å². The maximum Gasteiger partial charge on any atom is 0.184 e. The zero-order valence-electron chi connectivity index (χ0n) is 14.9. The number of hydrogen-bond acceptors (Lipinski definition) is 6. The molecule has 2 aromatic heterocycles. The molecule has 2 aromatic carbocycles. The Kier molecular flexibility index (Phi) is 4.25. The van der Waals surface area contributed by atoms with Gasteiger partial charge in [-0.3, -0.25) is 0 Å². The number of phenols is 1. The van der Waals surface area contributed by atoms with Crippen LogP contribution in [0.1, 0.15) is 0 Å². The normalized spacial score (nSPS) is 10.7. The molecule has 4 rings (SSSR count). The summed E-state index contributed by atoms with van der Waals surface area (Å²) < 4.78 is 12.6. The van der Waals surface area contributed by atoms with Gasteiger partial charge in [0.05, 0.1) is 37.5 Å². The molecule has 7 heteroatoms. The third kappa shape index (κ3) is 2.89. The number of para-hydroxylation sites is 2. The first kappa shape index (κ1) is 16.7. The van der Waals surface area contributed by atoms with Gasteiger partial charge in [-0.05, 0) is 30.3 Å². The highest BCUT2D eigenvalue weighted by molar-refractivity contribution is 5.86. The molecule has 0 saturated carbocycles. The standard InChI is InChI=1S/C20H18N4O3/c1-26-17-9-4-7-14(20(17)27-2)23-19-13(6-3-8-16(19)25)15-12-21-18-10-5-11-22-24(15)18/h3-12,23,25H,1-2H3. The summed E-state index contributed by atoms with van der Waals surface area (Å²) in [4.78, 5) is 4.38. The van der Waals surface area contributed by atoms with E-state index in [0.29, 0.717) is 22.9 Å². The molecule has 0 aliphatic rings. The van der Waals surface area contributed by atoms with Crippen molar-refractivity contribution in [3.8, 4) is 28.5 Å². The number of aromatic hydroxyl groups is 1. The molecular weight excluding hydrogens is 344 g/mol. The molecule has 0 aliphatic heterocycles. The second kappa shape index (κ2) is 6.87. The lowest BCUT2D eigenvalue weighted by atomic mass is 10.1. The van der Waals surface area contributed by atoms with E-state index in [1.54, 1.807) is 43.3 Å². The van der Waals surface area contributed by atoms with E-state index in [9.17, 15) is 5.11 Å². The monoisotopic (exact) mass is 362 g/mol. The molecule has 0 radical (unpaired) electrons. The Bertz CT molecular complexity index is 1110. The summed E-state index contributed by atoms with van der Waals surface area (Å²) >= 11 is 0. The van der Waals surface area contributed by atoms with Gasteiger partial charge in [0.25, 0.3) is 0 Å². The van der Waals surface area contributed by atoms with Crippen molar-refractivity contribution in [2.24, 2.45) is 0 Å². The first-order chi connectivity index (χ1) is 13.2. The molecule has 0 atom stereocenters.